The monoisotopic (exact) mass is 370 g/mol. The maximum Gasteiger partial charge on any atom is 0.251 e. The average molecular weight is 371 g/mol. The van der Waals surface area contributed by atoms with E-state index in [1.54, 1.807) is 6.07 Å². The zero-order chi connectivity index (χ0) is 17.6. The predicted octanol–water partition coefficient (Wildman–Crippen LogP) is 3.26. The summed E-state index contributed by atoms with van der Waals surface area (Å²) in [5.41, 5.74) is 0.294. The second-order valence-electron chi connectivity index (χ2n) is 5.95. The van der Waals surface area contributed by atoms with Crippen LogP contribution in [0.4, 0.5) is 0 Å². The van der Waals surface area contributed by atoms with Gasteiger partial charge in [-0.1, -0.05) is 43.4 Å². The van der Waals surface area contributed by atoms with Crippen molar-refractivity contribution in [3.63, 3.8) is 0 Å². The third-order valence-electron chi connectivity index (χ3n) is 4.09. The molecule has 0 aromatic heterocycles. The van der Waals surface area contributed by atoms with E-state index in [4.69, 9.17) is 11.6 Å². The first-order valence-corrected chi connectivity index (χ1v) is 10.0. The first kappa shape index (κ1) is 19.0. The van der Waals surface area contributed by atoms with E-state index >= 15 is 0 Å². The Morgan fingerprint density at radius 2 is 1.92 bits per heavy atom. The summed E-state index contributed by atoms with van der Waals surface area (Å²) in [4.78, 5) is 12.3. The van der Waals surface area contributed by atoms with Crippen molar-refractivity contribution in [2.24, 2.45) is 0 Å². The van der Waals surface area contributed by atoms with Gasteiger partial charge in [0.05, 0.1) is 5.02 Å². The molecule has 0 bridgehead atoms. The summed E-state index contributed by atoms with van der Waals surface area (Å²) < 4.78 is 26.9. The molecule has 5 nitrogen and oxygen atoms in total. The first-order valence-electron chi connectivity index (χ1n) is 8.15. The molecular weight excluding hydrogens is 348 g/mol. The van der Waals surface area contributed by atoms with Crippen LogP contribution in [0.15, 0.2) is 35.7 Å². The molecule has 1 aromatic carbocycles. The molecule has 7 heteroatoms. The molecule has 1 aliphatic carbocycles. The second-order valence-corrected chi connectivity index (χ2v) is 8.09. The van der Waals surface area contributed by atoms with E-state index in [0.29, 0.717) is 5.56 Å². The third kappa shape index (κ3) is 5.06. The van der Waals surface area contributed by atoms with E-state index in [9.17, 15) is 13.2 Å². The van der Waals surface area contributed by atoms with Gasteiger partial charge in [-0.2, -0.15) is 0 Å². The Labute approximate surface area is 148 Å². The lowest BCUT2D eigenvalue weighted by Crippen LogP contribution is -2.34. The number of nitrogens with one attached hydrogen (secondary N) is 2. The molecule has 1 amide bonds. The van der Waals surface area contributed by atoms with E-state index in [0.717, 1.165) is 25.7 Å². The van der Waals surface area contributed by atoms with Crippen molar-refractivity contribution < 1.29 is 13.2 Å². The zero-order valence-electron chi connectivity index (χ0n) is 13.6. The fourth-order valence-electron chi connectivity index (χ4n) is 2.79. The normalized spacial score (nSPS) is 16.4. The van der Waals surface area contributed by atoms with Crippen LogP contribution in [0.1, 0.15) is 48.9 Å². The Morgan fingerprint density at radius 3 is 2.54 bits per heavy atom. The largest absolute Gasteiger partial charge is 0.349 e. The van der Waals surface area contributed by atoms with E-state index in [1.165, 1.54) is 31.1 Å². The summed E-state index contributed by atoms with van der Waals surface area (Å²) in [6.45, 7) is 3.57. The second kappa shape index (κ2) is 8.65. The van der Waals surface area contributed by atoms with Gasteiger partial charge in [-0.25, -0.2) is 13.1 Å². The molecule has 1 fully saturated rings. The minimum Gasteiger partial charge on any atom is -0.349 e. The molecule has 132 valence electrons. The van der Waals surface area contributed by atoms with Crippen molar-refractivity contribution in [3.8, 4) is 0 Å². The predicted molar refractivity (Wildman–Crippen MR) is 95.8 cm³/mol. The van der Waals surface area contributed by atoms with Crippen molar-refractivity contribution in [3.05, 3.63) is 41.4 Å². The number of amides is 1. The zero-order valence-corrected chi connectivity index (χ0v) is 15.1. The maximum atomic E-state index is 12.4. The fraction of sp³-hybridized carbons (Fsp3) is 0.471. The van der Waals surface area contributed by atoms with Gasteiger partial charge in [0.2, 0.25) is 10.0 Å². The highest BCUT2D eigenvalue weighted by molar-refractivity contribution is 7.89. The minimum absolute atomic E-state index is 0.0811. The van der Waals surface area contributed by atoms with Crippen LogP contribution in [-0.2, 0) is 10.0 Å². The van der Waals surface area contributed by atoms with Crippen molar-refractivity contribution in [1.29, 1.82) is 0 Å². The van der Waals surface area contributed by atoms with Gasteiger partial charge in [-0.05, 0) is 31.0 Å². The number of sulfonamides is 1. The van der Waals surface area contributed by atoms with Crippen LogP contribution in [0.3, 0.4) is 0 Å². The number of rotatable bonds is 6. The molecular formula is C17H23ClN2O3S. The lowest BCUT2D eigenvalue weighted by molar-refractivity contribution is 0.0933. The third-order valence-corrected chi connectivity index (χ3v) is 6.00. The lowest BCUT2D eigenvalue weighted by Gasteiger charge is -2.16. The van der Waals surface area contributed by atoms with Crippen LogP contribution in [0, 0.1) is 0 Å². The van der Waals surface area contributed by atoms with Crippen LogP contribution in [0.2, 0.25) is 5.02 Å². The van der Waals surface area contributed by atoms with Gasteiger partial charge in [0.25, 0.3) is 5.91 Å². The summed E-state index contributed by atoms with van der Waals surface area (Å²) in [7, 11) is -3.78. The van der Waals surface area contributed by atoms with Gasteiger partial charge >= 0.3 is 0 Å². The van der Waals surface area contributed by atoms with Crippen molar-refractivity contribution in [2.45, 2.75) is 49.5 Å². The van der Waals surface area contributed by atoms with Crippen LogP contribution < -0.4 is 10.0 Å². The highest BCUT2D eigenvalue weighted by Crippen LogP contribution is 2.23. The summed E-state index contributed by atoms with van der Waals surface area (Å²) in [6, 6.07) is 4.45. The average Bonchev–Trinajstić information content (AvgIpc) is 2.81. The first-order chi connectivity index (χ1) is 11.4. The summed E-state index contributed by atoms with van der Waals surface area (Å²) >= 11 is 6.00. The summed E-state index contributed by atoms with van der Waals surface area (Å²) in [5, 5.41) is 3.08. The van der Waals surface area contributed by atoms with Gasteiger partial charge in [0, 0.05) is 18.2 Å². The quantitative estimate of drug-likeness (QED) is 0.596. The lowest BCUT2D eigenvalue weighted by atomic mass is 10.1. The SMILES string of the molecule is C=CCNS(=O)(=O)c1cc(C(=O)NC2CCCCCC2)ccc1Cl. The van der Waals surface area contributed by atoms with Gasteiger partial charge in [0.15, 0.2) is 0 Å². The Hall–Kier alpha value is -1.37. The van der Waals surface area contributed by atoms with Gasteiger partial charge < -0.3 is 5.32 Å². The van der Waals surface area contributed by atoms with Crippen molar-refractivity contribution in [1.82, 2.24) is 10.0 Å². The van der Waals surface area contributed by atoms with Gasteiger partial charge in [-0.15, -0.1) is 6.58 Å². The molecule has 0 heterocycles. The molecule has 0 aliphatic heterocycles. The van der Waals surface area contributed by atoms with Gasteiger partial charge in [0.1, 0.15) is 4.90 Å². The molecule has 0 unspecified atom stereocenters. The summed E-state index contributed by atoms with van der Waals surface area (Å²) in [5.74, 6) is -0.265. The smallest absolute Gasteiger partial charge is 0.251 e. The van der Waals surface area contributed by atoms with Crippen LogP contribution in [-0.4, -0.2) is 26.9 Å². The molecule has 0 radical (unpaired) electrons. The molecule has 1 aliphatic rings. The fourth-order valence-corrected chi connectivity index (χ4v) is 4.31. The summed E-state index contributed by atoms with van der Waals surface area (Å²) in [6.07, 6.45) is 7.98. The molecule has 0 atom stereocenters. The van der Waals surface area contributed by atoms with Gasteiger partial charge in [-0.3, -0.25) is 4.79 Å². The van der Waals surface area contributed by atoms with E-state index in [2.05, 4.69) is 16.6 Å². The molecule has 1 saturated carbocycles. The Kier molecular flexibility index (Phi) is 6.83. The molecule has 1 aromatic rings. The number of hydrogen-bond donors (Lipinski definition) is 2. The maximum absolute atomic E-state index is 12.4. The number of carbonyl (C=O) groups is 1. The van der Waals surface area contributed by atoms with Crippen LogP contribution in [0.25, 0.3) is 0 Å². The molecule has 0 saturated heterocycles. The van der Waals surface area contributed by atoms with Crippen LogP contribution in [0.5, 0.6) is 0 Å². The topological polar surface area (TPSA) is 75.3 Å². The van der Waals surface area contributed by atoms with E-state index in [1.807, 2.05) is 0 Å². The molecule has 2 N–H and O–H groups in total. The standard InChI is InChI=1S/C17H23ClN2O3S/c1-2-11-19-24(22,23)16-12-13(9-10-15(16)18)17(21)20-14-7-5-3-4-6-8-14/h2,9-10,12,14,19H,1,3-8,11H2,(H,20,21). The Morgan fingerprint density at radius 1 is 1.25 bits per heavy atom. The molecule has 0 spiro atoms. The van der Waals surface area contributed by atoms with E-state index < -0.39 is 10.0 Å². The van der Waals surface area contributed by atoms with Crippen molar-refractivity contribution >= 4 is 27.5 Å². The highest BCUT2D eigenvalue weighted by atomic mass is 35.5. The van der Waals surface area contributed by atoms with E-state index in [-0.39, 0.29) is 28.4 Å². The molecule has 2 rings (SSSR count). The number of carbonyl (C=O) groups excluding carboxylic acids is 1. The number of hydrogen-bond acceptors (Lipinski definition) is 3. The highest BCUT2D eigenvalue weighted by Gasteiger charge is 2.21. The molecule has 24 heavy (non-hydrogen) atoms. The number of benzene rings is 1. The Bertz CT molecular complexity index is 696. The van der Waals surface area contributed by atoms with Crippen molar-refractivity contribution in [2.75, 3.05) is 6.54 Å². The van der Waals surface area contributed by atoms with Crippen LogP contribution >= 0.6 is 11.6 Å². The Balaban J connectivity index is 2.17. The minimum atomic E-state index is -3.78. The number of halogens is 1.